The van der Waals surface area contributed by atoms with Gasteiger partial charge in [0.25, 0.3) is 0 Å². The minimum Gasteiger partial charge on any atom is -0.508 e. The van der Waals surface area contributed by atoms with Gasteiger partial charge in [-0.3, -0.25) is 0 Å². The monoisotopic (exact) mass is 1010 g/mol. The van der Waals surface area contributed by atoms with Crippen molar-refractivity contribution in [1.82, 2.24) is 0 Å². The third-order valence-electron chi connectivity index (χ3n) is 10.4. The SMILES string of the molecule is C=C(O)c1cc(C#CC#Cc2ccc(C#Cc3cc(C#Cc4ccc(C#CC#Cc5cc(C(=O)O)cc(C(=O)O)c5)cc4)cc(C#Cc4ccc(C#CC#Cc5cc(C(=O)O)cc(C(=O)O)c5)cc4)c3)cc2)cc(C(=O)O)c1. The molecule has 0 heterocycles. The standard InChI is InChI=1S/C67H32O11/c1-44(68)57-35-51(36-58(41-57)63(69)70)11-5-2-8-45-14-20-48(21-15-45)26-29-54-32-55(30-27-49-22-16-46(17-23-49)9-3-6-12-52-37-59(64(71)72)42-60(38-52)65(73)74)34-56(33-54)31-28-50-24-18-47(19-25-50)10-4-7-13-53-39-61(66(75)76)43-62(40-53)67(77)78/h14-25,32-43,68H,1H2,(H,69,70)(H,71,72)(H,73,74)(H,75,76)(H,77,78). The van der Waals surface area contributed by atoms with E-state index < -0.39 is 29.8 Å². The summed E-state index contributed by atoms with van der Waals surface area (Å²) in [5.41, 5.74) is 5.97. The second-order valence-electron chi connectivity index (χ2n) is 16.2. The van der Waals surface area contributed by atoms with Gasteiger partial charge in [-0.15, -0.1) is 0 Å². The third kappa shape index (κ3) is 15.7. The van der Waals surface area contributed by atoms with E-state index in [1.165, 1.54) is 42.5 Å². The number of rotatable bonds is 6. The Bertz CT molecular complexity index is 3740. The molecule has 78 heavy (non-hydrogen) atoms. The topological polar surface area (TPSA) is 207 Å². The Labute approximate surface area is 447 Å². The summed E-state index contributed by atoms with van der Waals surface area (Å²) in [7, 11) is 0. The highest BCUT2D eigenvalue weighted by atomic mass is 16.4. The molecule has 0 radical (unpaired) electrons. The smallest absolute Gasteiger partial charge is 0.335 e. The van der Waals surface area contributed by atoms with Gasteiger partial charge < -0.3 is 30.6 Å². The van der Waals surface area contributed by atoms with E-state index in [2.05, 4.69) is 113 Å². The number of hydrogen-bond donors (Lipinski definition) is 6. The first-order valence-corrected chi connectivity index (χ1v) is 22.6. The lowest BCUT2D eigenvalue weighted by atomic mass is 10.0. The van der Waals surface area contributed by atoms with Crippen molar-refractivity contribution in [2.24, 2.45) is 0 Å². The van der Waals surface area contributed by atoms with Crippen molar-refractivity contribution in [3.8, 4) is 107 Å². The van der Waals surface area contributed by atoms with Crippen LogP contribution in [0.15, 0.2) is 152 Å². The Morgan fingerprint density at radius 1 is 0.231 bits per heavy atom. The van der Waals surface area contributed by atoms with Gasteiger partial charge in [0.05, 0.1) is 27.8 Å². The average Bonchev–Trinajstić information content (AvgIpc) is 3.43. The molecule has 0 amide bonds. The molecule has 0 aromatic heterocycles. The first-order valence-electron chi connectivity index (χ1n) is 22.6. The number of aromatic carboxylic acids is 5. The van der Waals surface area contributed by atoms with Crippen LogP contribution in [0.3, 0.4) is 0 Å². The van der Waals surface area contributed by atoms with Gasteiger partial charge in [-0.05, 0) is 181 Å². The maximum atomic E-state index is 11.5. The molecule has 0 saturated heterocycles. The van der Waals surface area contributed by atoms with Crippen molar-refractivity contribution in [2.75, 3.05) is 0 Å². The van der Waals surface area contributed by atoms with Crippen LogP contribution in [-0.2, 0) is 0 Å². The summed E-state index contributed by atoms with van der Waals surface area (Å²) in [6.45, 7) is 3.45. The van der Waals surface area contributed by atoms with E-state index in [1.807, 2.05) is 18.2 Å². The van der Waals surface area contributed by atoms with E-state index in [0.717, 1.165) is 12.1 Å². The molecule has 11 nitrogen and oxygen atoms in total. The van der Waals surface area contributed by atoms with E-state index in [1.54, 1.807) is 72.8 Å². The molecule has 0 aliphatic rings. The van der Waals surface area contributed by atoms with Gasteiger partial charge in [0, 0.05) is 72.3 Å². The van der Waals surface area contributed by atoms with Crippen molar-refractivity contribution >= 4 is 35.6 Å². The summed E-state index contributed by atoms with van der Waals surface area (Å²) in [6.07, 6.45) is 0. The summed E-state index contributed by atoms with van der Waals surface area (Å²) in [5, 5.41) is 56.5. The van der Waals surface area contributed by atoms with Crippen LogP contribution in [0, 0.1) is 107 Å². The minimum absolute atomic E-state index is 0.0480. The van der Waals surface area contributed by atoms with Crippen LogP contribution in [-0.4, -0.2) is 60.5 Å². The van der Waals surface area contributed by atoms with E-state index in [9.17, 15) is 54.6 Å². The lowest BCUT2D eigenvalue weighted by Crippen LogP contribution is -2.03. The highest BCUT2D eigenvalue weighted by Crippen LogP contribution is 2.17. The molecule has 7 aromatic rings. The van der Waals surface area contributed by atoms with Crippen LogP contribution in [0.1, 0.15) is 124 Å². The van der Waals surface area contributed by atoms with Crippen molar-refractivity contribution in [1.29, 1.82) is 0 Å². The van der Waals surface area contributed by atoms with Gasteiger partial charge in [0.2, 0.25) is 0 Å². The molecule has 7 aromatic carbocycles. The Morgan fingerprint density at radius 3 is 0.615 bits per heavy atom. The highest BCUT2D eigenvalue weighted by molar-refractivity contribution is 5.95. The van der Waals surface area contributed by atoms with Gasteiger partial charge >= 0.3 is 29.8 Å². The number of carboxylic acid groups (broad SMARTS) is 5. The quantitative estimate of drug-likeness (QED) is 0.0684. The lowest BCUT2D eigenvalue weighted by Gasteiger charge is -2.02. The fourth-order valence-corrected chi connectivity index (χ4v) is 6.69. The van der Waals surface area contributed by atoms with Gasteiger partial charge in [-0.2, -0.15) is 0 Å². The Hall–Kier alpha value is -12.5. The molecular formula is C67H32O11. The van der Waals surface area contributed by atoms with Gasteiger partial charge in [-0.1, -0.05) is 77.6 Å². The molecule has 0 bridgehead atoms. The first-order chi connectivity index (χ1) is 37.5. The number of carboxylic acids is 5. The molecule has 0 fully saturated rings. The van der Waals surface area contributed by atoms with Crippen LogP contribution in [0.5, 0.6) is 0 Å². The first kappa shape index (κ1) is 53.3. The van der Waals surface area contributed by atoms with E-state index in [-0.39, 0.29) is 50.3 Å². The number of aliphatic hydroxyl groups is 1. The van der Waals surface area contributed by atoms with Crippen molar-refractivity contribution in [3.63, 3.8) is 0 Å². The van der Waals surface area contributed by atoms with Crippen molar-refractivity contribution < 1.29 is 54.6 Å². The maximum Gasteiger partial charge on any atom is 0.335 e. The number of benzene rings is 7. The molecule has 7 rings (SSSR count). The fraction of sp³-hybridized carbons (Fsp3) is 0. The average molecular weight is 1010 g/mol. The van der Waals surface area contributed by atoms with Crippen molar-refractivity contribution in [2.45, 2.75) is 0 Å². The van der Waals surface area contributed by atoms with Crippen LogP contribution in [0.2, 0.25) is 0 Å². The predicted octanol–water partition coefficient (Wildman–Crippen LogP) is 9.12. The molecule has 0 atom stereocenters. The summed E-state index contributed by atoms with van der Waals surface area (Å²) < 4.78 is 0. The zero-order valence-electron chi connectivity index (χ0n) is 40.3. The zero-order chi connectivity index (χ0) is 55.6. The Kier molecular flexibility index (Phi) is 17.2. The summed E-state index contributed by atoms with van der Waals surface area (Å²) in [6, 6.07) is 38.2. The van der Waals surface area contributed by atoms with E-state index in [0.29, 0.717) is 55.6 Å². The molecule has 366 valence electrons. The predicted molar refractivity (Wildman–Crippen MR) is 291 cm³/mol. The number of hydrogen-bond acceptors (Lipinski definition) is 6. The van der Waals surface area contributed by atoms with Gasteiger partial charge in [-0.25, -0.2) is 24.0 Å². The van der Waals surface area contributed by atoms with Crippen LogP contribution >= 0.6 is 0 Å². The van der Waals surface area contributed by atoms with E-state index in [4.69, 9.17) is 0 Å². The summed E-state index contributed by atoms with van der Waals surface area (Å²) >= 11 is 0. The lowest BCUT2D eigenvalue weighted by molar-refractivity contribution is 0.0676. The Morgan fingerprint density at radius 2 is 0.397 bits per heavy atom. The minimum atomic E-state index is -1.28. The molecule has 0 spiro atoms. The normalized spacial score (nSPS) is 9.23. The molecule has 6 N–H and O–H groups in total. The second kappa shape index (κ2) is 25.2. The van der Waals surface area contributed by atoms with Crippen LogP contribution in [0.25, 0.3) is 5.76 Å². The fourth-order valence-electron chi connectivity index (χ4n) is 6.69. The second-order valence-corrected chi connectivity index (χ2v) is 16.2. The Balaban J connectivity index is 1.11. The number of carbonyl (C=O) groups is 5. The van der Waals surface area contributed by atoms with Gasteiger partial charge in [0.15, 0.2) is 0 Å². The molecule has 11 heteroatoms. The van der Waals surface area contributed by atoms with E-state index >= 15 is 0 Å². The summed E-state index contributed by atoms with van der Waals surface area (Å²) in [4.78, 5) is 57.3. The highest BCUT2D eigenvalue weighted by Gasteiger charge is 2.12. The van der Waals surface area contributed by atoms with Crippen LogP contribution < -0.4 is 0 Å². The zero-order valence-corrected chi connectivity index (χ0v) is 40.3. The molecule has 0 unspecified atom stereocenters. The molecule has 0 aliphatic carbocycles. The van der Waals surface area contributed by atoms with Crippen LogP contribution in [0.4, 0.5) is 0 Å². The van der Waals surface area contributed by atoms with Gasteiger partial charge in [0.1, 0.15) is 5.76 Å². The van der Waals surface area contributed by atoms with Crippen molar-refractivity contribution in [3.05, 3.63) is 252 Å². The molecular weight excluding hydrogens is 981 g/mol. The molecule has 0 saturated carbocycles. The maximum absolute atomic E-state index is 11.5. The summed E-state index contributed by atoms with van der Waals surface area (Å²) in [5.74, 6) is 45.6. The molecule has 0 aliphatic heterocycles. The third-order valence-corrected chi connectivity index (χ3v) is 10.4. The largest absolute Gasteiger partial charge is 0.508 e. The number of aliphatic hydroxyl groups excluding tert-OH is 1.